The van der Waals surface area contributed by atoms with Gasteiger partial charge < -0.3 is 15.0 Å². The third-order valence-electron chi connectivity index (χ3n) is 3.61. The van der Waals surface area contributed by atoms with Crippen LogP contribution in [0.25, 0.3) is 11.2 Å². The first kappa shape index (κ1) is 16.3. The maximum absolute atomic E-state index is 12.4. The molecule has 0 amide bonds. The summed E-state index contributed by atoms with van der Waals surface area (Å²) in [6.45, 7) is 5.62. The Morgan fingerprint density at radius 3 is 2.55 bits per heavy atom. The molecule has 122 valence electrons. The number of nitrogens with zero attached hydrogens (tertiary/aromatic N) is 4. The predicted octanol–water partition coefficient (Wildman–Crippen LogP) is 0.121. The second kappa shape index (κ2) is 6.78. The van der Waals surface area contributed by atoms with E-state index in [0.717, 1.165) is 11.0 Å². The van der Waals surface area contributed by atoms with Gasteiger partial charge in [-0.3, -0.25) is 13.9 Å². The smallest absolute Gasteiger partial charge is 0.332 e. The van der Waals surface area contributed by atoms with Crippen LogP contribution in [0.15, 0.2) is 9.59 Å². The standard InChI is InChI=1S/C14H23N5O3/c1-4-8-19-11-10(12(21)17(3)14(19)22)18(5-2)13(16-11)15-7-6-9-20/h20H,4-9H2,1-3H3,(H,15,16). The minimum Gasteiger partial charge on any atom is -0.396 e. The normalized spacial score (nSPS) is 11.3. The van der Waals surface area contributed by atoms with Crippen LogP contribution >= 0.6 is 0 Å². The molecule has 0 fully saturated rings. The van der Waals surface area contributed by atoms with E-state index in [0.29, 0.717) is 43.2 Å². The van der Waals surface area contributed by atoms with Crippen molar-refractivity contribution in [3.8, 4) is 0 Å². The lowest BCUT2D eigenvalue weighted by Crippen LogP contribution is -2.38. The summed E-state index contributed by atoms with van der Waals surface area (Å²) < 4.78 is 4.45. The fraction of sp³-hybridized carbons (Fsp3) is 0.643. The van der Waals surface area contributed by atoms with E-state index in [-0.39, 0.29) is 17.9 Å². The van der Waals surface area contributed by atoms with Crippen LogP contribution in [0.3, 0.4) is 0 Å². The van der Waals surface area contributed by atoms with Crippen LogP contribution < -0.4 is 16.6 Å². The number of anilines is 1. The average Bonchev–Trinajstić information content (AvgIpc) is 2.88. The minimum atomic E-state index is -0.345. The topological polar surface area (TPSA) is 94.1 Å². The molecule has 2 N–H and O–H groups in total. The molecule has 0 aromatic carbocycles. The first-order valence-corrected chi connectivity index (χ1v) is 7.61. The van der Waals surface area contributed by atoms with Gasteiger partial charge in [0.25, 0.3) is 5.56 Å². The van der Waals surface area contributed by atoms with E-state index in [2.05, 4.69) is 10.3 Å². The molecule has 8 heteroatoms. The van der Waals surface area contributed by atoms with E-state index in [1.807, 2.05) is 13.8 Å². The molecule has 8 nitrogen and oxygen atoms in total. The van der Waals surface area contributed by atoms with Crippen molar-refractivity contribution in [2.24, 2.45) is 7.05 Å². The quantitative estimate of drug-likeness (QED) is 0.709. The first-order chi connectivity index (χ1) is 10.6. The molecule has 0 aliphatic rings. The Morgan fingerprint density at radius 1 is 1.23 bits per heavy atom. The largest absolute Gasteiger partial charge is 0.396 e. The summed E-state index contributed by atoms with van der Waals surface area (Å²) in [7, 11) is 1.49. The van der Waals surface area contributed by atoms with Crippen LogP contribution in [-0.4, -0.2) is 36.9 Å². The van der Waals surface area contributed by atoms with Gasteiger partial charge in [0.2, 0.25) is 5.95 Å². The molecule has 0 unspecified atom stereocenters. The molecule has 0 saturated carbocycles. The average molecular weight is 309 g/mol. The maximum atomic E-state index is 12.4. The molecule has 2 aromatic heterocycles. The summed E-state index contributed by atoms with van der Waals surface area (Å²) in [5, 5.41) is 12.0. The Balaban J connectivity index is 2.71. The summed E-state index contributed by atoms with van der Waals surface area (Å²) in [5.41, 5.74) is 0.173. The van der Waals surface area contributed by atoms with Crippen molar-refractivity contribution in [3.63, 3.8) is 0 Å². The highest BCUT2D eigenvalue weighted by molar-refractivity contribution is 5.74. The zero-order chi connectivity index (χ0) is 16.3. The number of aliphatic hydroxyl groups excluding tert-OH is 1. The molecule has 22 heavy (non-hydrogen) atoms. The molecular weight excluding hydrogens is 286 g/mol. The van der Waals surface area contributed by atoms with Gasteiger partial charge in [-0.1, -0.05) is 6.92 Å². The number of imidazole rings is 1. The summed E-state index contributed by atoms with van der Waals surface area (Å²) in [5.74, 6) is 0.554. The van der Waals surface area contributed by atoms with Crippen molar-refractivity contribution in [2.75, 3.05) is 18.5 Å². The monoisotopic (exact) mass is 309 g/mol. The Kier molecular flexibility index (Phi) is 5.02. The van der Waals surface area contributed by atoms with E-state index < -0.39 is 0 Å². The van der Waals surface area contributed by atoms with Crippen molar-refractivity contribution < 1.29 is 5.11 Å². The highest BCUT2D eigenvalue weighted by Crippen LogP contribution is 2.16. The van der Waals surface area contributed by atoms with E-state index in [4.69, 9.17) is 5.11 Å². The predicted molar refractivity (Wildman–Crippen MR) is 85.4 cm³/mol. The summed E-state index contributed by atoms with van der Waals surface area (Å²) >= 11 is 0. The summed E-state index contributed by atoms with van der Waals surface area (Å²) in [4.78, 5) is 29.2. The van der Waals surface area contributed by atoms with Crippen LogP contribution in [-0.2, 0) is 20.1 Å². The number of aryl methyl sites for hydroxylation is 2. The zero-order valence-corrected chi connectivity index (χ0v) is 13.3. The minimum absolute atomic E-state index is 0.0850. The molecular formula is C14H23N5O3. The van der Waals surface area contributed by atoms with Crippen LogP contribution in [0, 0.1) is 0 Å². The lowest BCUT2D eigenvalue weighted by molar-refractivity contribution is 0.292. The number of nitrogens with one attached hydrogen (secondary N) is 1. The zero-order valence-electron chi connectivity index (χ0n) is 13.3. The van der Waals surface area contributed by atoms with Crippen LogP contribution in [0.2, 0.25) is 0 Å². The Hall–Kier alpha value is -2.09. The van der Waals surface area contributed by atoms with Crippen molar-refractivity contribution in [3.05, 3.63) is 20.8 Å². The molecule has 0 saturated heterocycles. The second-order valence-corrected chi connectivity index (χ2v) is 5.15. The van der Waals surface area contributed by atoms with Gasteiger partial charge in [0, 0.05) is 33.3 Å². The van der Waals surface area contributed by atoms with Crippen molar-refractivity contribution in [1.29, 1.82) is 0 Å². The number of rotatable bonds is 7. The lowest BCUT2D eigenvalue weighted by atomic mass is 10.4. The van der Waals surface area contributed by atoms with E-state index in [1.165, 1.54) is 7.05 Å². The molecule has 2 heterocycles. The van der Waals surface area contributed by atoms with Crippen molar-refractivity contribution in [2.45, 2.75) is 39.8 Å². The number of hydrogen-bond acceptors (Lipinski definition) is 5. The van der Waals surface area contributed by atoms with Crippen molar-refractivity contribution >= 4 is 17.1 Å². The number of aliphatic hydroxyl groups is 1. The van der Waals surface area contributed by atoms with Crippen LogP contribution in [0.4, 0.5) is 5.95 Å². The number of fused-ring (bicyclic) bond motifs is 1. The Morgan fingerprint density at radius 2 is 1.95 bits per heavy atom. The fourth-order valence-electron chi connectivity index (χ4n) is 2.50. The summed E-state index contributed by atoms with van der Waals surface area (Å²) in [6.07, 6.45) is 1.37. The number of hydrogen-bond donors (Lipinski definition) is 2. The molecule has 2 aromatic rings. The second-order valence-electron chi connectivity index (χ2n) is 5.15. The molecule has 0 aliphatic carbocycles. The maximum Gasteiger partial charge on any atom is 0.332 e. The number of aromatic nitrogens is 4. The molecule has 0 radical (unpaired) electrons. The molecule has 0 aliphatic heterocycles. The highest BCUT2D eigenvalue weighted by atomic mass is 16.3. The van der Waals surface area contributed by atoms with Crippen LogP contribution in [0.5, 0.6) is 0 Å². The van der Waals surface area contributed by atoms with E-state index in [1.54, 1.807) is 9.13 Å². The Labute approximate surface area is 128 Å². The van der Waals surface area contributed by atoms with Gasteiger partial charge in [-0.15, -0.1) is 0 Å². The van der Waals surface area contributed by atoms with Crippen molar-refractivity contribution in [1.82, 2.24) is 18.7 Å². The molecule has 0 spiro atoms. The third kappa shape index (κ3) is 2.66. The van der Waals surface area contributed by atoms with E-state index in [9.17, 15) is 9.59 Å². The van der Waals surface area contributed by atoms with Gasteiger partial charge in [-0.2, -0.15) is 4.98 Å². The molecule has 2 rings (SSSR count). The highest BCUT2D eigenvalue weighted by Gasteiger charge is 2.19. The fourth-order valence-corrected chi connectivity index (χ4v) is 2.50. The SMILES string of the molecule is CCCn1c(=O)n(C)c(=O)c2c1nc(NCCCO)n2CC. The Bertz CT molecular complexity index is 771. The van der Waals surface area contributed by atoms with Crippen LogP contribution in [0.1, 0.15) is 26.7 Å². The first-order valence-electron chi connectivity index (χ1n) is 7.61. The summed E-state index contributed by atoms with van der Waals surface area (Å²) in [6, 6.07) is 0. The third-order valence-corrected chi connectivity index (χ3v) is 3.61. The van der Waals surface area contributed by atoms with Gasteiger partial charge in [-0.05, 0) is 19.8 Å². The van der Waals surface area contributed by atoms with Gasteiger partial charge in [0.05, 0.1) is 0 Å². The molecule has 0 atom stereocenters. The lowest BCUT2D eigenvalue weighted by Gasteiger charge is -2.09. The van der Waals surface area contributed by atoms with Gasteiger partial charge >= 0.3 is 5.69 Å². The molecule has 0 bridgehead atoms. The van der Waals surface area contributed by atoms with Gasteiger partial charge in [0.15, 0.2) is 11.2 Å². The van der Waals surface area contributed by atoms with Gasteiger partial charge in [0.1, 0.15) is 0 Å². The van der Waals surface area contributed by atoms with Gasteiger partial charge in [-0.25, -0.2) is 4.79 Å². The van der Waals surface area contributed by atoms with E-state index >= 15 is 0 Å².